The number of hydrogen-bond acceptors (Lipinski definition) is 4. The summed E-state index contributed by atoms with van der Waals surface area (Å²) in [6, 6.07) is 1.79. The van der Waals surface area contributed by atoms with Gasteiger partial charge in [0.05, 0.1) is 6.10 Å². The standard InChI is InChI=1S/C12H18ClN3O/c1-8(17)10-4-3-5-16(7-10)12-6-11(13)14-9(2)15-12/h6,8,10,17H,3-5,7H2,1-2H3/t8-,10-/m1/s1. The third-order valence-electron chi connectivity index (χ3n) is 3.26. The van der Waals surface area contributed by atoms with Gasteiger partial charge in [-0.15, -0.1) is 0 Å². The maximum absolute atomic E-state index is 9.67. The molecule has 94 valence electrons. The molecule has 5 heteroatoms. The van der Waals surface area contributed by atoms with E-state index >= 15 is 0 Å². The zero-order valence-corrected chi connectivity index (χ0v) is 11.0. The molecule has 0 saturated carbocycles. The van der Waals surface area contributed by atoms with E-state index in [0.29, 0.717) is 16.9 Å². The van der Waals surface area contributed by atoms with Gasteiger partial charge in [0.1, 0.15) is 16.8 Å². The van der Waals surface area contributed by atoms with Gasteiger partial charge in [0, 0.05) is 25.1 Å². The van der Waals surface area contributed by atoms with Crippen molar-refractivity contribution in [2.75, 3.05) is 18.0 Å². The highest BCUT2D eigenvalue weighted by atomic mass is 35.5. The van der Waals surface area contributed by atoms with Crippen molar-refractivity contribution in [1.29, 1.82) is 0 Å². The second-order valence-electron chi connectivity index (χ2n) is 4.69. The van der Waals surface area contributed by atoms with Crippen LogP contribution in [0.5, 0.6) is 0 Å². The van der Waals surface area contributed by atoms with E-state index in [9.17, 15) is 5.11 Å². The summed E-state index contributed by atoms with van der Waals surface area (Å²) in [5.74, 6) is 1.87. The Labute approximate surface area is 107 Å². The molecule has 1 fully saturated rings. The van der Waals surface area contributed by atoms with Gasteiger partial charge in [-0.3, -0.25) is 0 Å². The van der Waals surface area contributed by atoms with Gasteiger partial charge >= 0.3 is 0 Å². The summed E-state index contributed by atoms with van der Waals surface area (Å²) in [6.07, 6.45) is 1.89. The Morgan fingerprint density at radius 3 is 2.94 bits per heavy atom. The highest BCUT2D eigenvalue weighted by Gasteiger charge is 2.24. The third-order valence-corrected chi connectivity index (χ3v) is 3.45. The van der Waals surface area contributed by atoms with Gasteiger partial charge in [0.25, 0.3) is 0 Å². The minimum Gasteiger partial charge on any atom is -0.393 e. The average molecular weight is 256 g/mol. The van der Waals surface area contributed by atoms with E-state index in [1.807, 2.05) is 13.8 Å². The van der Waals surface area contributed by atoms with Gasteiger partial charge in [0.15, 0.2) is 0 Å². The predicted octanol–water partition coefficient (Wildman–Crippen LogP) is 2.04. The molecule has 4 nitrogen and oxygen atoms in total. The lowest BCUT2D eigenvalue weighted by atomic mass is 9.93. The van der Waals surface area contributed by atoms with Gasteiger partial charge in [-0.1, -0.05) is 11.6 Å². The lowest BCUT2D eigenvalue weighted by molar-refractivity contribution is 0.115. The number of aryl methyl sites for hydroxylation is 1. The molecule has 1 N–H and O–H groups in total. The molecule has 2 atom stereocenters. The van der Waals surface area contributed by atoms with Crippen LogP contribution < -0.4 is 4.90 Å². The number of hydrogen-bond donors (Lipinski definition) is 1. The van der Waals surface area contributed by atoms with Crippen LogP contribution in [0.1, 0.15) is 25.6 Å². The summed E-state index contributed by atoms with van der Waals surface area (Å²) >= 11 is 5.94. The molecule has 0 spiro atoms. The van der Waals surface area contributed by atoms with Gasteiger partial charge in [-0.25, -0.2) is 9.97 Å². The van der Waals surface area contributed by atoms with E-state index in [1.165, 1.54) is 0 Å². The Bertz CT molecular complexity index is 377. The summed E-state index contributed by atoms with van der Waals surface area (Å²) < 4.78 is 0. The first kappa shape index (κ1) is 12.6. The Kier molecular flexibility index (Phi) is 3.84. The van der Waals surface area contributed by atoms with Crippen LogP contribution in [-0.4, -0.2) is 34.3 Å². The molecule has 1 aromatic heterocycles. The number of aromatic nitrogens is 2. The van der Waals surface area contributed by atoms with Crippen LogP contribution in [-0.2, 0) is 0 Å². The minimum atomic E-state index is -0.267. The lowest BCUT2D eigenvalue weighted by Crippen LogP contribution is -2.40. The predicted molar refractivity (Wildman–Crippen MR) is 68.4 cm³/mol. The summed E-state index contributed by atoms with van der Waals surface area (Å²) in [5, 5.41) is 10.1. The third kappa shape index (κ3) is 3.07. The Morgan fingerprint density at radius 2 is 2.29 bits per heavy atom. The Balaban J connectivity index is 2.16. The molecule has 0 aromatic carbocycles. The van der Waals surface area contributed by atoms with Crippen LogP contribution in [0.25, 0.3) is 0 Å². The van der Waals surface area contributed by atoms with Crippen LogP contribution in [0.15, 0.2) is 6.07 Å². The number of piperidine rings is 1. The molecule has 0 amide bonds. The average Bonchev–Trinajstić information content (AvgIpc) is 2.28. The van der Waals surface area contributed by atoms with E-state index in [2.05, 4.69) is 14.9 Å². The molecule has 1 saturated heterocycles. The molecule has 1 aliphatic rings. The number of rotatable bonds is 2. The van der Waals surface area contributed by atoms with Crippen molar-refractivity contribution in [2.24, 2.45) is 5.92 Å². The Morgan fingerprint density at radius 1 is 1.53 bits per heavy atom. The number of nitrogens with zero attached hydrogens (tertiary/aromatic N) is 3. The first-order valence-corrected chi connectivity index (χ1v) is 6.38. The lowest BCUT2D eigenvalue weighted by Gasteiger charge is -2.35. The molecule has 17 heavy (non-hydrogen) atoms. The molecule has 1 aliphatic heterocycles. The fourth-order valence-corrected chi connectivity index (χ4v) is 2.51. The number of anilines is 1. The molecule has 0 bridgehead atoms. The van der Waals surface area contributed by atoms with E-state index in [1.54, 1.807) is 6.07 Å². The van der Waals surface area contributed by atoms with E-state index in [-0.39, 0.29) is 6.10 Å². The second kappa shape index (κ2) is 5.19. The van der Waals surface area contributed by atoms with Crippen LogP contribution in [0.2, 0.25) is 5.15 Å². The topological polar surface area (TPSA) is 49.2 Å². The molecule has 1 aromatic rings. The number of aliphatic hydroxyl groups excluding tert-OH is 1. The van der Waals surface area contributed by atoms with Gasteiger partial charge in [-0.05, 0) is 26.7 Å². The number of aliphatic hydroxyl groups is 1. The molecule has 2 rings (SSSR count). The maximum atomic E-state index is 9.67. The van der Waals surface area contributed by atoms with Crippen molar-refractivity contribution < 1.29 is 5.11 Å². The van der Waals surface area contributed by atoms with E-state index < -0.39 is 0 Å². The van der Waals surface area contributed by atoms with Crippen molar-refractivity contribution in [1.82, 2.24) is 9.97 Å². The monoisotopic (exact) mass is 255 g/mol. The summed E-state index contributed by atoms with van der Waals surface area (Å²) in [5.41, 5.74) is 0. The first-order chi connectivity index (χ1) is 8.06. The van der Waals surface area contributed by atoms with E-state index in [0.717, 1.165) is 31.7 Å². The molecule has 0 aliphatic carbocycles. The normalized spacial score (nSPS) is 22.6. The summed E-state index contributed by atoms with van der Waals surface area (Å²) in [4.78, 5) is 10.6. The van der Waals surface area contributed by atoms with Crippen LogP contribution in [0, 0.1) is 12.8 Å². The second-order valence-corrected chi connectivity index (χ2v) is 5.07. The Hall–Kier alpha value is -0.870. The summed E-state index contributed by atoms with van der Waals surface area (Å²) in [7, 11) is 0. The van der Waals surface area contributed by atoms with Crippen LogP contribution in [0.3, 0.4) is 0 Å². The zero-order valence-electron chi connectivity index (χ0n) is 10.2. The SMILES string of the molecule is Cc1nc(Cl)cc(N2CCC[C@@H]([C@@H](C)O)C2)n1. The van der Waals surface area contributed by atoms with Gasteiger partial charge in [0.2, 0.25) is 0 Å². The minimum absolute atomic E-state index is 0.267. The number of halogens is 1. The highest BCUT2D eigenvalue weighted by molar-refractivity contribution is 6.29. The van der Waals surface area contributed by atoms with Crippen LogP contribution >= 0.6 is 11.6 Å². The van der Waals surface area contributed by atoms with Crippen molar-refractivity contribution in [3.8, 4) is 0 Å². The fraction of sp³-hybridized carbons (Fsp3) is 0.667. The van der Waals surface area contributed by atoms with Gasteiger partial charge in [-0.2, -0.15) is 0 Å². The van der Waals surface area contributed by atoms with E-state index in [4.69, 9.17) is 11.6 Å². The smallest absolute Gasteiger partial charge is 0.134 e. The maximum Gasteiger partial charge on any atom is 0.134 e. The molecular weight excluding hydrogens is 238 g/mol. The molecule has 0 radical (unpaired) electrons. The van der Waals surface area contributed by atoms with Crippen molar-refractivity contribution >= 4 is 17.4 Å². The van der Waals surface area contributed by atoms with Crippen molar-refractivity contribution in [2.45, 2.75) is 32.8 Å². The zero-order chi connectivity index (χ0) is 12.4. The highest BCUT2D eigenvalue weighted by Crippen LogP contribution is 2.25. The van der Waals surface area contributed by atoms with Gasteiger partial charge < -0.3 is 10.0 Å². The molecular formula is C12H18ClN3O. The largest absolute Gasteiger partial charge is 0.393 e. The van der Waals surface area contributed by atoms with Crippen molar-refractivity contribution in [3.63, 3.8) is 0 Å². The quantitative estimate of drug-likeness (QED) is 0.822. The fourth-order valence-electron chi connectivity index (χ4n) is 2.29. The molecule has 0 unspecified atom stereocenters. The van der Waals surface area contributed by atoms with Crippen molar-refractivity contribution in [3.05, 3.63) is 17.0 Å². The molecule has 2 heterocycles. The summed E-state index contributed by atoms with van der Waals surface area (Å²) in [6.45, 7) is 5.50. The first-order valence-electron chi connectivity index (χ1n) is 6.00. The van der Waals surface area contributed by atoms with Crippen LogP contribution in [0.4, 0.5) is 5.82 Å².